The van der Waals surface area contributed by atoms with E-state index in [4.69, 9.17) is 0 Å². The highest BCUT2D eigenvalue weighted by Crippen LogP contribution is 2.31. The lowest BCUT2D eigenvalue weighted by Gasteiger charge is -2.47. The van der Waals surface area contributed by atoms with Crippen LogP contribution in [0.2, 0.25) is 0 Å². The van der Waals surface area contributed by atoms with Crippen LogP contribution in [0.1, 0.15) is 35.4 Å². The zero-order valence-electron chi connectivity index (χ0n) is 14.4. The van der Waals surface area contributed by atoms with E-state index in [2.05, 4.69) is 20.2 Å². The number of fused-ring (bicyclic) bond motifs is 1. The molecule has 2 aliphatic heterocycles. The van der Waals surface area contributed by atoms with Gasteiger partial charge in [0.25, 0.3) is 11.5 Å². The molecule has 9 heteroatoms. The van der Waals surface area contributed by atoms with Gasteiger partial charge in [-0.2, -0.15) is 0 Å². The molecule has 2 atom stereocenters. The van der Waals surface area contributed by atoms with Crippen molar-refractivity contribution >= 4 is 11.8 Å². The third-order valence-corrected chi connectivity index (χ3v) is 5.43. The number of hydrogen-bond acceptors (Lipinski definition) is 4. The van der Waals surface area contributed by atoms with Crippen molar-refractivity contribution in [3.63, 3.8) is 0 Å². The Morgan fingerprint density at radius 3 is 2.88 bits per heavy atom. The number of carbonyl (C=O) groups is 2. The van der Waals surface area contributed by atoms with Gasteiger partial charge in [-0.15, -0.1) is 0 Å². The molecule has 0 aliphatic carbocycles. The molecule has 2 fully saturated rings. The molecule has 3 N–H and O–H groups in total. The van der Waals surface area contributed by atoms with E-state index in [1.165, 1.54) is 6.07 Å². The quantitative estimate of drug-likeness (QED) is 0.719. The van der Waals surface area contributed by atoms with Crippen LogP contribution in [-0.2, 0) is 11.2 Å². The number of nitrogens with one attached hydrogen (secondary N) is 3. The van der Waals surface area contributed by atoms with Gasteiger partial charge in [0.15, 0.2) is 0 Å². The molecular formula is C17H22N6O3. The smallest absolute Gasteiger partial charge is 0.271 e. The average molecular weight is 358 g/mol. The Morgan fingerprint density at radius 2 is 2.15 bits per heavy atom. The Morgan fingerprint density at radius 1 is 1.27 bits per heavy atom. The molecule has 0 aromatic carbocycles. The average Bonchev–Trinajstić information content (AvgIpc) is 3.31. The maximum absolute atomic E-state index is 12.6. The van der Waals surface area contributed by atoms with Crippen LogP contribution in [0.15, 0.2) is 23.4 Å². The van der Waals surface area contributed by atoms with Gasteiger partial charge in [-0.3, -0.25) is 24.6 Å². The standard InChI is InChI=1S/C17H22N6O3/c24-15-7-13(20-21-15)17(26)22-5-4-14-11(9-22)1-2-16(25)23(14)6-3-12-8-18-10-19-12/h7-8,10-11,14H,1-6,9H2,(H,18,19)(H2,20,21,24)/t11-,14+/m0/s1. The predicted molar refractivity (Wildman–Crippen MR) is 92.5 cm³/mol. The molecule has 2 aromatic heterocycles. The highest BCUT2D eigenvalue weighted by Gasteiger charge is 2.40. The minimum atomic E-state index is -0.309. The largest absolute Gasteiger partial charge is 0.348 e. The van der Waals surface area contributed by atoms with Crippen LogP contribution in [-0.4, -0.2) is 67.5 Å². The third kappa shape index (κ3) is 3.16. The molecule has 4 rings (SSSR count). The summed E-state index contributed by atoms with van der Waals surface area (Å²) in [6, 6.07) is 1.46. The first-order chi connectivity index (χ1) is 12.6. The van der Waals surface area contributed by atoms with Gasteiger partial charge in [0.2, 0.25) is 5.91 Å². The molecule has 138 valence electrons. The number of H-pyrrole nitrogens is 3. The molecular weight excluding hydrogens is 336 g/mol. The molecule has 2 saturated heterocycles. The Labute approximate surface area is 149 Å². The van der Waals surface area contributed by atoms with Crippen molar-refractivity contribution in [1.82, 2.24) is 30.0 Å². The second kappa shape index (κ2) is 6.81. The number of aromatic amines is 3. The maximum atomic E-state index is 12.6. The van der Waals surface area contributed by atoms with Gasteiger partial charge in [0.1, 0.15) is 5.69 Å². The normalized spacial score (nSPS) is 23.2. The Hall–Kier alpha value is -2.84. The van der Waals surface area contributed by atoms with Crippen molar-refractivity contribution < 1.29 is 9.59 Å². The number of rotatable bonds is 4. The molecule has 0 saturated carbocycles. The molecule has 26 heavy (non-hydrogen) atoms. The van der Waals surface area contributed by atoms with E-state index in [1.807, 2.05) is 4.90 Å². The first kappa shape index (κ1) is 16.6. The molecule has 2 aromatic rings. The summed E-state index contributed by atoms with van der Waals surface area (Å²) in [5.74, 6) is 0.307. The first-order valence-electron chi connectivity index (χ1n) is 8.95. The van der Waals surface area contributed by atoms with Gasteiger partial charge in [-0.1, -0.05) is 0 Å². The van der Waals surface area contributed by atoms with Crippen molar-refractivity contribution in [2.45, 2.75) is 31.7 Å². The van der Waals surface area contributed by atoms with E-state index in [-0.39, 0.29) is 35.0 Å². The summed E-state index contributed by atoms with van der Waals surface area (Å²) >= 11 is 0. The van der Waals surface area contributed by atoms with Gasteiger partial charge < -0.3 is 14.8 Å². The number of nitrogens with zero attached hydrogens (tertiary/aromatic N) is 3. The summed E-state index contributed by atoms with van der Waals surface area (Å²) in [6.07, 6.45) is 6.27. The summed E-state index contributed by atoms with van der Waals surface area (Å²) in [6.45, 7) is 1.87. The van der Waals surface area contributed by atoms with Crippen molar-refractivity contribution in [2.24, 2.45) is 5.92 Å². The van der Waals surface area contributed by atoms with Gasteiger partial charge in [-0.25, -0.2) is 4.98 Å². The molecule has 2 aliphatic rings. The Kier molecular flexibility index (Phi) is 4.36. The van der Waals surface area contributed by atoms with Gasteiger partial charge in [0.05, 0.1) is 6.33 Å². The Bertz CT molecular complexity index is 839. The summed E-state index contributed by atoms with van der Waals surface area (Å²) in [7, 11) is 0. The van der Waals surface area contributed by atoms with Crippen LogP contribution in [0.3, 0.4) is 0 Å². The van der Waals surface area contributed by atoms with Crippen LogP contribution >= 0.6 is 0 Å². The van der Waals surface area contributed by atoms with E-state index in [0.717, 1.165) is 25.0 Å². The summed E-state index contributed by atoms with van der Waals surface area (Å²) in [4.78, 5) is 47.1. The molecule has 9 nitrogen and oxygen atoms in total. The molecule has 0 spiro atoms. The van der Waals surface area contributed by atoms with Crippen molar-refractivity contribution in [2.75, 3.05) is 19.6 Å². The molecule has 2 amide bonds. The predicted octanol–water partition coefficient (Wildman–Crippen LogP) is 0.122. The minimum Gasteiger partial charge on any atom is -0.348 e. The number of hydrogen-bond donors (Lipinski definition) is 3. The van der Waals surface area contributed by atoms with E-state index in [1.54, 1.807) is 17.4 Å². The third-order valence-electron chi connectivity index (χ3n) is 5.43. The second-order valence-electron chi connectivity index (χ2n) is 6.99. The lowest BCUT2D eigenvalue weighted by Crippen LogP contribution is -2.57. The van der Waals surface area contributed by atoms with E-state index >= 15 is 0 Å². The summed E-state index contributed by atoms with van der Waals surface area (Å²) in [5.41, 5.74) is 0.997. The van der Waals surface area contributed by atoms with Crippen LogP contribution in [0.4, 0.5) is 0 Å². The minimum absolute atomic E-state index is 0.164. The van der Waals surface area contributed by atoms with Crippen LogP contribution in [0.5, 0.6) is 0 Å². The zero-order chi connectivity index (χ0) is 18.1. The van der Waals surface area contributed by atoms with Crippen molar-refractivity contribution in [1.29, 1.82) is 0 Å². The lowest BCUT2D eigenvalue weighted by atomic mass is 9.83. The number of piperidine rings is 2. The monoisotopic (exact) mass is 358 g/mol. The Balaban J connectivity index is 1.42. The fraction of sp³-hybridized carbons (Fsp3) is 0.529. The molecule has 0 unspecified atom stereocenters. The van der Waals surface area contributed by atoms with Gasteiger partial charge in [-0.05, 0) is 18.8 Å². The number of aromatic nitrogens is 4. The number of likely N-dealkylation sites (tertiary alicyclic amines) is 2. The van der Waals surface area contributed by atoms with E-state index < -0.39 is 0 Å². The molecule has 4 heterocycles. The van der Waals surface area contributed by atoms with Crippen LogP contribution in [0, 0.1) is 5.92 Å². The fourth-order valence-electron chi connectivity index (χ4n) is 4.11. The van der Waals surface area contributed by atoms with Gasteiger partial charge >= 0.3 is 0 Å². The SMILES string of the molecule is O=C(c1cc(=O)[nH][nH]1)N1CC[C@@H]2[C@@H](CCC(=O)N2CCc2cnc[nH]2)C1. The van der Waals surface area contributed by atoms with Crippen LogP contribution in [0.25, 0.3) is 0 Å². The summed E-state index contributed by atoms with van der Waals surface area (Å²) < 4.78 is 0. The van der Waals surface area contributed by atoms with Crippen molar-refractivity contribution in [3.05, 3.63) is 40.3 Å². The topological polar surface area (TPSA) is 118 Å². The van der Waals surface area contributed by atoms with Crippen LogP contribution < -0.4 is 5.56 Å². The van der Waals surface area contributed by atoms with E-state index in [9.17, 15) is 14.4 Å². The zero-order valence-corrected chi connectivity index (χ0v) is 14.4. The highest BCUT2D eigenvalue weighted by atomic mass is 16.2. The lowest BCUT2D eigenvalue weighted by molar-refractivity contribution is -0.140. The second-order valence-corrected chi connectivity index (χ2v) is 6.99. The number of amides is 2. The first-order valence-corrected chi connectivity index (χ1v) is 8.95. The highest BCUT2D eigenvalue weighted by molar-refractivity contribution is 5.92. The fourth-order valence-corrected chi connectivity index (χ4v) is 4.11. The molecule has 0 bridgehead atoms. The maximum Gasteiger partial charge on any atom is 0.271 e. The van der Waals surface area contributed by atoms with Gasteiger partial charge in [0, 0.05) is 56.5 Å². The van der Waals surface area contributed by atoms with Crippen molar-refractivity contribution in [3.8, 4) is 0 Å². The summed E-state index contributed by atoms with van der Waals surface area (Å²) in [5, 5.41) is 5.02. The molecule has 0 radical (unpaired) electrons. The number of carbonyl (C=O) groups excluding carboxylic acids is 2. The number of imidazole rings is 1. The van der Waals surface area contributed by atoms with E-state index in [0.29, 0.717) is 26.1 Å².